The predicted molar refractivity (Wildman–Crippen MR) is 100 cm³/mol. The number of pyridine rings is 1. The van der Waals surface area contributed by atoms with Crippen LogP contribution in [0, 0.1) is 24.1 Å². The van der Waals surface area contributed by atoms with E-state index < -0.39 is 11.7 Å². The third-order valence-corrected chi connectivity index (χ3v) is 4.23. The van der Waals surface area contributed by atoms with Crippen molar-refractivity contribution >= 4 is 17.2 Å². The molecule has 0 aliphatic rings. The molecule has 4 rings (SSSR count). The number of carbonyl (C=O) groups is 1. The quantitative estimate of drug-likeness (QED) is 0.595. The van der Waals surface area contributed by atoms with E-state index in [1.807, 2.05) is 6.07 Å². The zero-order chi connectivity index (χ0) is 19.7. The number of halogens is 1. The van der Waals surface area contributed by atoms with Gasteiger partial charge < -0.3 is 5.32 Å². The number of rotatable bonds is 3. The van der Waals surface area contributed by atoms with Gasteiger partial charge in [-0.05, 0) is 42.8 Å². The van der Waals surface area contributed by atoms with Gasteiger partial charge in [-0.3, -0.25) is 9.78 Å². The first-order valence-corrected chi connectivity index (χ1v) is 8.32. The number of nitriles is 1. The molecule has 0 fully saturated rings. The molecule has 0 bridgehead atoms. The van der Waals surface area contributed by atoms with Gasteiger partial charge in [0, 0.05) is 29.7 Å². The molecule has 136 valence electrons. The molecule has 8 heteroatoms. The van der Waals surface area contributed by atoms with Crippen LogP contribution in [-0.4, -0.2) is 25.5 Å². The third kappa shape index (κ3) is 3.17. The van der Waals surface area contributed by atoms with Crippen molar-refractivity contribution in [3.63, 3.8) is 0 Å². The van der Waals surface area contributed by atoms with Crippen LogP contribution in [0.15, 0.2) is 55.1 Å². The molecule has 7 nitrogen and oxygen atoms in total. The Morgan fingerprint density at radius 3 is 2.86 bits per heavy atom. The fraction of sp³-hybridized carbons (Fsp3) is 0.0500. The van der Waals surface area contributed by atoms with Crippen molar-refractivity contribution in [1.29, 1.82) is 5.26 Å². The molecule has 1 N–H and O–H groups in total. The van der Waals surface area contributed by atoms with Gasteiger partial charge in [0.2, 0.25) is 0 Å². The van der Waals surface area contributed by atoms with Crippen LogP contribution < -0.4 is 5.32 Å². The average Bonchev–Trinajstić information content (AvgIpc) is 3.11. The second-order valence-electron chi connectivity index (χ2n) is 6.10. The molecule has 0 saturated heterocycles. The van der Waals surface area contributed by atoms with Gasteiger partial charge in [-0.25, -0.2) is 13.9 Å². The summed E-state index contributed by atoms with van der Waals surface area (Å²) in [5.74, 6) is -0.999. The first kappa shape index (κ1) is 17.3. The predicted octanol–water partition coefficient (Wildman–Crippen LogP) is 3.36. The van der Waals surface area contributed by atoms with Crippen LogP contribution in [0.5, 0.6) is 0 Å². The van der Waals surface area contributed by atoms with Gasteiger partial charge in [0.25, 0.3) is 5.91 Å². The number of nitrogens with zero attached hydrogens (tertiary/aromatic N) is 5. The Morgan fingerprint density at radius 2 is 2.07 bits per heavy atom. The molecule has 0 spiro atoms. The summed E-state index contributed by atoms with van der Waals surface area (Å²) in [6.45, 7) is 1.77. The zero-order valence-corrected chi connectivity index (χ0v) is 14.7. The van der Waals surface area contributed by atoms with Crippen molar-refractivity contribution in [2.24, 2.45) is 0 Å². The lowest BCUT2D eigenvalue weighted by atomic mass is 10.0. The maximum absolute atomic E-state index is 14.2. The maximum atomic E-state index is 14.2. The Labute approximate surface area is 159 Å². The van der Waals surface area contributed by atoms with Crippen molar-refractivity contribution < 1.29 is 9.18 Å². The minimum atomic E-state index is -0.552. The number of nitrogens with one attached hydrogen (secondary N) is 1. The van der Waals surface area contributed by atoms with Crippen LogP contribution in [0.25, 0.3) is 16.8 Å². The largest absolute Gasteiger partial charge is 0.320 e. The zero-order valence-electron chi connectivity index (χ0n) is 14.7. The third-order valence-electron chi connectivity index (χ3n) is 4.23. The Kier molecular flexibility index (Phi) is 4.26. The highest BCUT2D eigenvalue weighted by Crippen LogP contribution is 2.23. The molecule has 3 heterocycles. The van der Waals surface area contributed by atoms with Gasteiger partial charge in [-0.1, -0.05) is 0 Å². The van der Waals surface area contributed by atoms with Gasteiger partial charge in [-0.2, -0.15) is 10.4 Å². The first-order chi connectivity index (χ1) is 13.5. The molecular weight excluding hydrogens is 359 g/mol. The number of hydrogen-bond donors (Lipinski definition) is 1. The number of anilines is 1. The lowest BCUT2D eigenvalue weighted by Gasteiger charge is -2.09. The molecule has 0 atom stereocenters. The highest BCUT2D eigenvalue weighted by molar-refractivity contribution is 6.05. The molecule has 0 radical (unpaired) electrons. The van der Waals surface area contributed by atoms with Crippen LogP contribution in [0.4, 0.5) is 10.1 Å². The molecule has 0 aliphatic heterocycles. The van der Waals surface area contributed by atoms with E-state index in [1.165, 1.54) is 23.0 Å². The van der Waals surface area contributed by atoms with Gasteiger partial charge in [0.1, 0.15) is 17.4 Å². The number of carbonyl (C=O) groups excluding carboxylic acids is 1. The molecule has 0 unspecified atom stereocenters. The normalized spacial score (nSPS) is 10.6. The lowest BCUT2D eigenvalue weighted by molar-refractivity contribution is 0.102. The van der Waals surface area contributed by atoms with Gasteiger partial charge in [0.15, 0.2) is 5.65 Å². The van der Waals surface area contributed by atoms with E-state index in [0.29, 0.717) is 33.7 Å². The van der Waals surface area contributed by atoms with E-state index in [1.54, 1.807) is 37.5 Å². The summed E-state index contributed by atoms with van der Waals surface area (Å²) in [6.07, 6.45) is 6.18. The molecule has 28 heavy (non-hydrogen) atoms. The molecular formula is C20H13FN6O. The van der Waals surface area contributed by atoms with E-state index in [2.05, 4.69) is 20.4 Å². The number of fused-ring (bicyclic) bond motifs is 1. The minimum Gasteiger partial charge on any atom is -0.320 e. The van der Waals surface area contributed by atoms with Crippen LogP contribution in [0.1, 0.15) is 21.6 Å². The number of benzene rings is 1. The second kappa shape index (κ2) is 6.89. The Morgan fingerprint density at radius 1 is 1.21 bits per heavy atom. The monoisotopic (exact) mass is 372 g/mol. The second-order valence-corrected chi connectivity index (χ2v) is 6.10. The fourth-order valence-electron chi connectivity index (χ4n) is 2.80. The van der Waals surface area contributed by atoms with E-state index in [0.717, 1.165) is 6.07 Å². The van der Waals surface area contributed by atoms with Crippen molar-refractivity contribution in [3.05, 3.63) is 77.8 Å². The highest BCUT2D eigenvalue weighted by Gasteiger charge is 2.13. The molecule has 0 aliphatic carbocycles. The molecule has 0 saturated carbocycles. The fourth-order valence-corrected chi connectivity index (χ4v) is 2.80. The SMILES string of the molecule is Cc1ncccc1NC(=O)c1cc(F)cc(-c2cnc3c(C#N)cnn3c2)c1. The minimum absolute atomic E-state index is 0.163. The summed E-state index contributed by atoms with van der Waals surface area (Å²) in [7, 11) is 0. The lowest BCUT2D eigenvalue weighted by Crippen LogP contribution is -2.13. The van der Waals surface area contributed by atoms with Gasteiger partial charge >= 0.3 is 0 Å². The molecule has 3 aromatic heterocycles. The van der Waals surface area contributed by atoms with E-state index >= 15 is 0 Å². The van der Waals surface area contributed by atoms with Crippen molar-refractivity contribution in [2.75, 3.05) is 5.32 Å². The van der Waals surface area contributed by atoms with E-state index in [-0.39, 0.29) is 5.56 Å². The number of hydrogen-bond acceptors (Lipinski definition) is 5. The number of aromatic nitrogens is 4. The van der Waals surface area contributed by atoms with Crippen molar-refractivity contribution in [3.8, 4) is 17.2 Å². The molecule has 4 aromatic rings. The van der Waals surface area contributed by atoms with Crippen LogP contribution in [0.3, 0.4) is 0 Å². The maximum Gasteiger partial charge on any atom is 0.255 e. The summed E-state index contributed by atoms with van der Waals surface area (Å²) >= 11 is 0. The molecule has 1 aromatic carbocycles. The average molecular weight is 372 g/mol. The molecule has 1 amide bonds. The van der Waals surface area contributed by atoms with Crippen LogP contribution in [0.2, 0.25) is 0 Å². The first-order valence-electron chi connectivity index (χ1n) is 8.32. The smallest absolute Gasteiger partial charge is 0.255 e. The summed E-state index contributed by atoms with van der Waals surface area (Å²) in [5.41, 5.74) is 3.17. The van der Waals surface area contributed by atoms with E-state index in [9.17, 15) is 9.18 Å². The Hall–Kier alpha value is -4.12. The highest BCUT2D eigenvalue weighted by atomic mass is 19.1. The van der Waals surface area contributed by atoms with Gasteiger partial charge in [0.05, 0.1) is 17.6 Å². The summed E-state index contributed by atoms with van der Waals surface area (Å²) in [4.78, 5) is 20.9. The van der Waals surface area contributed by atoms with Gasteiger partial charge in [-0.15, -0.1) is 0 Å². The summed E-state index contributed by atoms with van der Waals surface area (Å²) in [6, 6.07) is 9.48. The Balaban J connectivity index is 1.70. The van der Waals surface area contributed by atoms with E-state index in [4.69, 9.17) is 5.26 Å². The number of amides is 1. The van der Waals surface area contributed by atoms with Crippen molar-refractivity contribution in [1.82, 2.24) is 19.6 Å². The van der Waals surface area contributed by atoms with Crippen molar-refractivity contribution in [2.45, 2.75) is 6.92 Å². The van der Waals surface area contributed by atoms with Crippen LogP contribution in [-0.2, 0) is 0 Å². The topological polar surface area (TPSA) is 96.0 Å². The summed E-state index contributed by atoms with van der Waals surface area (Å²) in [5, 5.41) is 15.9. The standard InChI is InChI=1S/C20H13FN6O/c1-12-18(3-2-4-23-12)26-20(28)14-5-13(6-17(21)7-14)16-9-24-19-15(8-22)10-25-27(19)11-16/h2-7,9-11H,1H3,(H,26,28). The Bertz CT molecular complexity index is 1260. The number of aryl methyl sites for hydroxylation is 1. The van der Waals surface area contributed by atoms with Crippen LogP contribution >= 0.6 is 0 Å². The summed E-state index contributed by atoms with van der Waals surface area (Å²) < 4.78 is 15.6.